The Morgan fingerprint density at radius 2 is 1.85 bits per heavy atom. The minimum atomic E-state index is -0.549. The number of likely N-dealkylation sites (tertiary alicyclic amines) is 1. The highest BCUT2D eigenvalue weighted by Crippen LogP contribution is 2.39. The molecule has 136 valence electrons. The smallest absolute Gasteiger partial charge is 0.254 e. The summed E-state index contributed by atoms with van der Waals surface area (Å²) in [5.41, 5.74) is 7.03. The van der Waals surface area contributed by atoms with Crippen LogP contribution >= 0.6 is 0 Å². The van der Waals surface area contributed by atoms with Crippen LogP contribution < -0.4 is 15.2 Å². The van der Waals surface area contributed by atoms with E-state index in [0.29, 0.717) is 17.7 Å². The van der Waals surface area contributed by atoms with E-state index in [1.165, 1.54) is 0 Å². The Morgan fingerprint density at radius 3 is 2.54 bits per heavy atom. The molecule has 0 bridgehead atoms. The van der Waals surface area contributed by atoms with E-state index >= 15 is 0 Å². The molecule has 0 spiro atoms. The van der Waals surface area contributed by atoms with Gasteiger partial charge in [-0.05, 0) is 49.2 Å². The number of primary amides is 1. The molecule has 1 saturated heterocycles. The molecule has 0 radical (unpaired) electrons. The summed E-state index contributed by atoms with van der Waals surface area (Å²) in [5.74, 6) is 0.768. The second-order valence-corrected chi connectivity index (χ2v) is 6.21. The van der Waals surface area contributed by atoms with E-state index < -0.39 is 5.91 Å². The maximum atomic E-state index is 13.1. The third-order valence-corrected chi connectivity index (χ3v) is 4.70. The SMILES string of the molecule is COc1ccc(OC)c(C2CCCN2C(=O)c2cccc(C(N)=O)c2)c1. The molecule has 2 N–H and O–H groups in total. The van der Waals surface area contributed by atoms with Crippen molar-refractivity contribution in [2.75, 3.05) is 20.8 Å². The van der Waals surface area contributed by atoms with Crippen molar-refractivity contribution in [2.45, 2.75) is 18.9 Å². The van der Waals surface area contributed by atoms with E-state index in [0.717, 1.165) is 29.9 Å². The number of hydrogen-bond donors (Lipinski definition) is 1. The molecule has 0 aliphatic carbocycles. The van der Waals surface area contributed by atoms with Crippen LogP contribution in [0, 0.1) is 0 Å². The van der Waals surface area contributed by atoms with Gasteiger partial charge in [-0.25, -0.2) is 0 Å². The van der Waals surface area contributed by atoms with Gasteiger partial charge in [-0.1, -0.05) is 6.07 Å². The van der Waals surface area contributed by atoms with E-state index in [9.17, 15) is 9.59 Å². The molecule has 1 heterocycles. The van der Waals surface area contributed by atoms with E-state index in [1.807, 2.05) is 23.1 Å². The number of benzene rings is 2. The summed E-state index contributed by atoms with van der Waals surface area (Å²) in [4.78, 5) is 26.3. The molecule has 0 aromatic heterocycles. The second-order valence-electron chi connectivity index (χ2n) is 6.21. The number of amides is 2. The van der Waals surface area contributed by atoms with Gasteiger partial charge in [-0.2, -0.15) is 0 Å². The lowest BCUT2D eigenvalue weighted by molar-refractivity contribution is 0.0734. The molecule has 26 heavy (non-hydrogen) atoms. The maximum absolute atomic E-state index is 13.1. The van der Waals surface area contributed by atoms with Gasteiger partial charge in [0, 0.05) is 23.2 Å². The van der Waals surface area contributed by atoms with Gasteiger partial charge in [0.1, 0.15) is 11.5 Å². The Labute approximate surface area is 152 Å². The lowest BCUT2D eigenvalue weighted by Gasteiger charge is -2.27. The molecule has 6 heteroatoms. The van der Waals surface area contributed by atoms with Gasteiger partial charge in [0.2, 0.25) is 5.91 Å². The van der Waals surface area contributed by atoms with Crippen molar-refractivity contribution < 1.29 is 19.1 Å². The first-order valence-corrected chi connectivity index (χ1v) is 8.48. The minimum absolute atomic E-state index is 0.107. The van der Waals surface area contributed by atoms with Crippen LogP contribution in [-0.2, 0) is 0 Å². The molecule has 6 nitrogen and oxygen atoms in total. The van der Waals surface area contributed by atoms with Gasteiger partial charge >= 0.3 is 0 Å². The highest BCUT2D eigenvalue weighted by molar-refractivity contribution is 5.99. The van der Waals surface area contributed by atoms with Crippen molar-refractivity contribution in [1.29, 1.82) is 0 Å². The lowest BCUT2D eigenvalue weighted by atomic mass is 10.0. The highest BCUT2D eigenvalue weighted by atomic mass is 16.5. The summed E-state index contributed by atoms with van der Waals surface area (Å²) in [6.45, 7) is 0.644. The van der Waals surface area contributed by atoms with Crippen LogP contribution in [0.1, 0.15) is 45.2 Å². The molecule has 2 aromatic carbocycles. The van der Waals surface area contributed by atoms with Crippen LogP contribution in [0.25, 0.3) is 0 Å². The molecule has 3 rings (SSSR count). The summed E-state index contributed by atoms with van der Waals surface area (Å²) < 4.78 is 10.8. The van der Waals surface area contributed by atoms with Crippen molar-refractivity contribution in [2.24, 2.45) is 5.73 Å². The number of rotatable bonds is 5. The Kier molecular flexibility index (Phi) is 5.11. The van der Waals surface area contributed by atoms with Crippen LogP contribution in [0.5, 0.6) is 11.5 Å². The fourth-order valence-electron chi connectivity index (χ4n) is 3.40. The molecular weight excluding hydrogens is 332 g/mol. The quantitative estimate of drug-likeness (QED) is 0.895. The van der Waals surface area contributed by atoms with Crippen molar-refractivity contribution in [3.63, 3.8) is 0 Å². The molecule has 1 unspecified atom stereocenters. The summed E-state index contributed by atoms with van der Waals surface area (Å²) in [5, 5.41) is 0. The summed E-state index contributed by atoms with van der Waals surface area (Å²) >= 11 is 0. The fourth-order valence-corrected chi connectivity index (χ4v) is 3.40. The zero-order chi connectivity index (χ0) is 18.7. The summed E-state index contributed by atoms with van der Waals surface area (Å²) in [6.07, 6.45) is 1.73. The van der Waals surface area contributed by atoms with Crippen molar-refractivity contribution in [3.05, 3.63) is 59.2 Å². The number of nitrogens with two attached hydrogens (primary N) is 1. The number of carbonyl (C=O) groups is 2. The number of ether oxygens (including phenoxy) is 2. The van der Waals surface area contributed by atoms with Crippen molar-refractivity contribution >= 4 is 11.8 Å². The minimum Gasteiger partial charge on any atom is -0.497 e. The molecular formula is C20H22N2O4. The Balaban J connectivity index is 1.95. The Morgan fingerprint density at radius 1 is 1.08 bits per heavy atom. The first-order valence-electron chi connectivity index (χ1n) is 8.48. The molecule has 2 aromatic rings. The van der Waals surface area contributed by atoms with Gasteiger partial charge < -0.3 is 20.1 Å². The number of carbonyl (C=O) groups excluding carboxylic acids is 2. The van der Waals surface area contributed by atoms with Crippen LogP contribution in [0.2, 0.25) is 0 Å². The molecule has 2 amide bonds. The predicted molar refractivity (Wildman–Crippen MR) is 97.5 cm³/mol. The van der Waals surface area contributed by atoms with E-state index in [1.54, 1.807) is 38.5 Å². The zero-order valence-electron chi connectivity index (χ0n) is 14.9. The third kappa shape index (κ3) is 3.35. The van der Waals surface area contributed by atoms with E-state index in [-0.39, 0.29) is 11.9 Å². The van der Waals surface area contributed by atoms with E-state index in [2.05, 4.69) is 0 Å². The monoisotopic (exact) mass is 354 g/mol. The summed E-state index contributed by atoms with van der Waals surface area (Å²) in [6, 6.07) is 12.0. The molecule has 0 saturated carbocycles. The van der Waals surface area contributed by atoms with Gasteiger partial charge in [-0.15, -0.1) is 0 Å². The standard InChI is InChI=1S/C20H22N2O4/c1-25-15-8-9-18(26-2)16(12-15)17-7-4-10-22(17)20(24)14-6-3-5-13(11-14)19(21)23/h3,5-6,8-9,11-12,17H,4,7,10H2,1-2H3,(H2,21,23). The zero-order valence-corrected chi connectivity index (χ0v) is 14.9. The van der Waals surface area contributed by atoms with Crippen molar-refractivity contribution in [1.82, 2.24) is 4.90 Å². The van der Waals surface area contributed by atoms with Gasteiger partial charge in [0.25, 0.3) is 5.91 Å². The van der Waals surface area contributed by atoms with Gasteiger partial charge in [0.05, 0.1) is 20.3 Å². The van der Waals surface area contributed by atoms with Crippen LogP contribution in [0.3, 0.4) is 0 Å². The molecule has 1 aliphatic heterocycles. The van der Waals surface area contributed by atoms with Crippen LogP contribution in [-0.4, -0.2) is 37.5 Å². The third-order valence-electron chi connectivity index (χ3n) is 4.70. The normalized spacial score (nSPS) is 16.4. The Hall–Kier alpha value is -3.02. The molecule has 1 aliphatic rings. The fraction of sp³-hybridized carbons (Fsp3) is 0.300. The van der Waals surface area contributed by atoms with Gasteiger partial charge in [0.15, 0.2) is 0 Å². The summed E-state index contributed by atoms with van der Waals surface area (Å²) in [7, 11) is 3.22. The maximum Gasteiger partial charge on any atom is 0.254 e. The second kappa shape index (κ2) is 7.47. The number of nitrogens with zero attached hydrogens (tertiary/aromatic N) is 1. The predicted octanol–water partition coefficient (Wildman–Crippen LogP) is 2.78. The van der Waals surface area contributed by atoms with Gasteiger partial charge in [-0.3, -0.25) is 9.59 Å². The van der Waals surface area contributed by atoms with Crippen LogP contribution in [0.15, 0.2) is 42.5 Å². The highest BCUT2D eigenvalue weighted by Gasteiger charge is 2.32. The lowest BCUT2D eigenvalue weighted by Crippen LogP contribution is -2.31. The average Bonchev–Trinajstić information content (AvgIpc) is 3.16. The first kappa shape index (κ1) is 17.8. The number of methoxy groups -OCH3 is 2. The molecule has 1 atom stereocenters. The van der Waals surface area contributed by atoms with E-state index in [4.69, 9.17) is 15.2 Å². The topological polar surface area (TPSA) is 81.9 Å². The Bertz CT molecular complexity index is 834. The van der Waals surface area contributed by atoms with Crippen LogP contribution in [0.4, 0.5) is 0 Å². The average molecular weight is 354 g/mol. The van der Waals surface area contributed by atoms with Crippen molar-refractivity contribution in [3.8, 4) is 11.5 Å². The first-order chi connectivity index (χ1) is 12.5. The number of hydrogen-bond acceptors (Lipinski definition) is 4. The molecule has 1 fully saturated rings. The largest absolute Gasteiger partial charge is 0.497 e.